The van der Waals surface area contributed by atoms with E-state index >= 15 is 0 Å². The Hall–Kier alpha value is -1.69. The van der Waals surface area contributed by atoms with Gasteiger partial charge in [-0.05, 0) is 12.8 Å². The first-order valence-corrected chi connectivity index (χ1v) is 7.72. The highest BCUT2D eigenvalue weighted by atomic mass is 16.2. The lowest BCUT2D eigenvalue weighted by atomic mass is 9.95. The van der Waals surface area contributed by atoms with Crippen LogP contribution in [-0.2, 0) is 17.8 Å². The van der Waals surface area contributed by atoms with Crippen molar-refractivity contribution < 1.29 is 4.79 Å². The van der Waals surface area contributed by atoms with Gasteiger partial charge in [0.25, 0.3) is 0 Å². The summed E-state index contributed by atoms with van der Waals surface area (Å²) in [5.74, 6) is 2.44. The predicted molar refractivity (Wildman–Crippen MR) is 81.2 cm³/mol. The molecule has 114 valence electrons. The van der Waals surface area contributed by atoms with E-state index < -0.39 is 0 Å². The molecule has 0 bridgehead atoms. The zero-order chi connectivity index (χ0) is 14.8. The van der Waals surface area contributed by atoms with Crippen LogP contribution in [0.3, 0.4) is 0 Å². The highest BCUT2D eigenvalue weighted by Crippen LogP contribution is 2.29. The molecule has 1 fully saturated rings. The van der Waals surface area contributed by atoms with Gasteiger partial charge in [-0.1, -0.05) is 0 Å². The monoisotopic (exact) mass is 289 g/mol. The molecule has 0 atom stereocenters. The second kappa shape index (κ2) is 5.97. The number of aromatic nitrogens is 2. The van der Waals surface area contributed by atoms with Gasteiger partial charge in [0, 0.05) is 58.1 Å². The summed E-state index contributed by atoms with van der Waals surface area (Å²) in [5.41, 5.74) is 2.38. The van der Waals surface area contributed by atoms with E-state index in [1.165, 1.54) is 11.3 Å². The lowest BCUT2D eigenvalue weighted by Gasteiger charge is -2.31. The molecule has 0 spiro atoms. The molecule has 0 unspecified atom stereocenters. The Morgan fingerprint density at radius 2 is 2.10 bits per heavy atom. The first-order chi connectivity index (χ1) is 10.2. The number of piperidine rings is 1. The van der Waals surface area contributed by atoms with E-state index in [0.29, 0.717) is 5.92 Å². The summed E-state index contributed by atoms with van der Waals surface area (Å²) < 4.78 is 0. The zero-order valence-corrected chi connectivity index (χ0v) is 12.8. The number of hydrogen-bond donors (Lipinski definition) is 2. The molecular formula is C15H23N5O. The van der Waals surface area contributed by atoms with Crippen molar-refractivity contribution in [3.8, 4) is 0 Å². The second-order valence-electron chi connectivity index (χ2n) is 5.81. The van der Waals surface area contributed by atoms with Gasteiger partial charge in [0.15, 0.2) is 0 Å². The molecule has 0 saturated carbocycles. The van der Waals surface area contributed by atoms with Crippen LogP contribution in [0.15, 0.2) is 0 Å². The Labute approximate surface area is 125 Å². The molecule has 1 saturated heterocycles. The van der Waals surface area contributed by atoms with E-state index in [0.717, 1.165) is 57.1 Å². The van der Waals surface area contributed by atoms with Gasteiger partial charge in [0.1, 0.15) is 11.6 Å². The minimum atomic E-state index is 0.168. The molecule has 3 rings (SSSR count). The maximum absolute atomic E-state index is 11.4. The van der Waals surface area contributed by atoms with Crippen molar-refractivity contribution in [2.45, 2.75) is 38.6 Å². The number of nitrogens with one attached hydrogen (secondary N) is 2. The van der Waals surface area contributed by atoms with Gasteiger partial charge in [0.2, 0.25) is 5.91 Å². The molecule has 6 heteroatoms. The van der Waals surface area contributed by atoms with E-state index in [9.17, 15) is 4.79 Å². The number of likely N-dealkylation sites (tertiary alicyclic amines) is 1. The summed E-state index contributed by atoms with van der Waals surface area (Å²) in [6.45, 7) is 5.10. The maximum atomic E-state index is 11.4. The van der Waals surface area contributed by atoms with Gasteiger partial charge in [-0.15, -0.1) is 0 Å². The SMILES string of the molecule is CNc1nc(C2CCN(C(C)=O)CC2)nc2c1CNCC2. The van der Waals surface area contributed by atoms with Crippen molar-refractivity contribution in [1.82, 2.24) is 20.2 Å². The smallest absolute Gasteiger partial charge is 0.219 e. The van der Waals surface area contributed by atoms with Crippen molar-refractivity contribution >= 4 is 11.7 Å². The van der Waals surface area contributed by atoms with Crippen LogP contribution < -0.4 is 10.6 Å². The van der Waals surface area contributed by atoms with Crippen LogP contribution in [0.1, 0.15) is 42.8 Å². The lowest BCUT2D eigenvalue weighted by molar-refractivity contribution is -0.129. The molecule has 1 aromatic rings. The van der Waals surface area contributed by atoms with Gasteiger partial charge < -0.3 is 15.5 Å². The standard InChI is InChI=1S/C15H23N5O/c1-10(21)20-7-4-11(5-8-20)14-18-13-3-6-17-9-12(13)15(16-2)19-14/h11,17H,3-9H2,1-2H3,(H,16,18,19). The van der Waals surface area contributed by atoms with Crippen LogP contribution in [0.5, 0.6) is 0 Å². The lowest BCUT2D eigenvalue weighted by Crippen LogP contribution is -2.37. The first-order valence-electron chi connectivity index (χ1n) is 7.72. The summed E-state index contributed by atoms with van der Waals surface area (Å²) in [5, 5.41) is 6.57. The minimum Gasteiger partial charge on any atom is -0.373 e. The average Bonchev–Trinajstić information content (AvgIpc) is 2.53. The number of amides is 1. The summed E-state index contributed by atoms with van der Waals surface area (Å²) in [6.07, 6.45) is 2.88. The third-order valence-electron chi connectivity index (χ3n) is 4.49. The molecule has 6 nitrogen and oxygen atoms in total. The summed E-state index contributed by atoms with van der Waals surface area (Å²) in [4.78, 5) is 22.9. The molecule has 1 aromatic heterocycles. The van der Waals surface area contributed by atoms with Crippen molar-refractivity contribution in [2.24, 2.45) is 0 Å². The quantitative estimate of drug-likeness (QED) is 0.846. The number of rotatable bonds is 2. The number of hydrogen-bond acceptors (Lipinski definition) is 5. The van der Waals surface area contributed by atoms with Crippen molar-refractivity contribution in [3.05, 3.63) is 17.1 Å². The molecule has 0 aromatic carbocycles. The Morgan fingerprint density at radius 1 is 1.33 bits per heavy atom. The van der Waals surface area contributed by atoms with Gasteiger partial charge in [-0.25, -0.2) is 9.97 Å². The molecule has 1 amide bonds. The van der Waals surface area contributed by atoms with Crippen LogP contribution in [0.4, 0.5) is 5.82 Å². The number of anilines is 1. The number of fused-ring (bicyclic) bond motifs is 1. The zero-order valence-electron chi connectivity index (χ0n) is 12.8. The molecule has 0 aliphatic carbocycles. The van der Waals surface area contributed by atoms with E-state index in [1.807, 2.05) is 11.9 Å². The van der Waals surface area contributed by atoms with Crippen molar-refractivity contribution in [2.75, 3.05) is 32.0 Å². The average molecular weight is 289 g/mol. The fraction of sp³-hybridized carbons (Fsp3) is 0.667. The second-order valence-corrected chi connectivity index (χ2v) is 5.81. The number of carbonyl (C=O) groups is 1. The fourth-order valence-corrected chi connectivity index (χ4v) is 3.20. The Bertz CT molecular complexity index is 520. The van der Waals surface area contributed by atoms with E-state index in [-0.39, 0.29) is 5.91 Å². The van der Waals surface area contributed by atoms with Crippen LogP contribution in [-0.4, -0.2) is 47.5 Å². The molecular weight excluding hydrogens is 266 g/mol. The largest absolute Gasteiger partial charge is 0.373 e. The number of nitrogens with zero attached hydrogens (tertiary/aromatic N) is 3. The van der Waals surface area contributed by atoms with Gasteiger partial charge in [-0.3, -0.25) is 4.79 Å². The number of carbonyl (C=O) groups excluding carboxylic acids is 1. The van der Waals surface area contributed by atoms with E-state index in [4.69, 9.17) is 9.97 Å². The van der Waals surface area contributed by atoms with Gasteiger partial charge in [-0.2, -0.15) is 0 Å². The highest BCUT2D eigenvalue weighted by Gasteiger charge is 2.26. The summed E-state index contributed by atoms with van der Waals surface area (Å²) >= 11 is 0. The topological polar surface area (TPSA) is 70.2 Å². The summed E-state index contributed by atoms with van der Waals surface area (Å²) in [7, 11) is 1.92. The van der Waals surface area contributed by atoms with Crippen LogP contribution in [0.2, 0.25) is 0 Å². The van der Waals surface area contributed by atoms with Crippen LogP contribution in [0.25, 0.3) is 0 Å². The fourth-order valence-electron chi connectivity index (χ4n) is 3.20. The minimum absolute atomic E-state index is 0.168. The molecule has 2 aliphatic rings. The van der Waals surface area contributed by atoms with Gasteiger partial charge in [0.05, 0.1) is 5.69 Å². The Kier molecular flexibility index (Phi) is 4.05. The maximum Gasteiger partial charge on any atom is 0.219 e. The van der Waals surface area contributed by atoms with E-state index in [2.05, 4.69) is 10.6 Å². The molecule has 3 heterocycles. The first kappa shape index (κ1) is 14.3. The normalized spacial score (nSPS) is 19.2. The summed E-state index contributed by atoms with van der Waals surface area (Å²) in [6, 6.07) is 0. The third kappa shape index (κ3) is 2.85. The van der Waals surface area contributed by atoms with Crippen LogP contribution in [0, 0.1) is 0 Å². The van der Waals surface area contributed by atoms with Crippen molar-refractivity contribution in [1.29, 1.82) is 0 Å². The molecule has 0 radical (unpaired) electrons. The van der Waals surface area contributed by atoms with Gasteiger partial charge >= 0.3 is 0 Å². The Morgan fingerprint density at radius 3 is 2.76 bits per heavy atom. The van der Waals surface area contributed by atoms with Crippen molar-refractivity contribution in [3.63, 3.8) is 0 Å². The Balaban J connectivity index is 1.81. The van der Waals surface area contributed by atoms with Crippen LogP contribution >= 0.6 is 0 Å². The predicted octanol–water partition coefficient (Wildman–Crippen LogP) is 0.890. The molecule has 2 aliphatic heterocycles. The molecule has 21 heavy (non-hydrogen) atoms. The highest BCUT2D eigenvalue weighted by molar-refractivity contribution is 5.73. The third-order valence-corrected chi connectivity index (χ3v) is 4.49. The molecule has 2 N–H and O–H groups in total. The van der Waals surface area contributed by atoms with E-state index in [1.54, 1.807) is 6.92 Å².